The maximum atomic E-state index is 12.9. The highest BCUT2D eigenvalue weighted by atomic mass is 32.2. The molecule has 0 aliphatic carbocycles. The summed E-state index contributed by atoms with van der Waals surface area (Å²) in [5.74, 6) is -0.153. The molecule has 1 heterocycles. The van der Waals surface area contributed by atoms with E-state index in [1.807, 2.05) is 20.8 Å². The number of carbonyl (C=O) groups is 1. The molecule has 1 saturated heterocycles. The monoisotopic (exact) mass is 352 g/mol. The predicted molar refractivity (Wildman–Crippen MR) is 95.2 cm³/mol. The summed E-state index contributed by atoms with van der Waals surface area (Å²) in [5, 5.41) is 0. The van der Waals surface area contributed by atoms with E-state index < -0.39 is 16.1 Å². The third-order valence-corrected chi connectivity index (χ3v) is 6.22. The van der Waals surface area contributed by atoms with Crippen LogP contribution in [0.2, 0.25) is 0 Å². The summed E-state index contributed by atoms with van der Waals surface area (Å²) in [7, 11) is -3.71. The van der Waals surface area contributed by atoms with E-state index in [0.29, 0.717) is 0 Å². The van der Waals surface area contributed by atoms with Crippen molar-refractivity contribution in [3.63, 3.8) is 0 Å². The lowest BCUT2D eigenvalue weighted by Crippen LogP contribution is -2.52. The maximum absolute atomic E-state index is 12.9. The second-order valence-electron chi connectivity index (χ2n) is 6.68. The second-order valence-corrected chi connectivity index (χ2v) is 8.40. The summed E-state index contributed by atoms with van der Waals surface area (Å²) in [6, 6.07) is 5.98. The summed E-state index contributed by atoms with van der Waals surface area (Å²) in [6.45, 7) is 7.24. The first-order valence-corrected chi connectivity index (χ1v) is 10.2. The van der Waals surface area contributed by atoms with Crippen LogP contribution in [0.3, 0.4) is 0 Å². The van der Waals surface area contributed by atoms with E-state index in [0.717, 1.165) is 44.3 Å². The minimum atomic E-state index is -3.71. The molecule has 2 atom stereocenters. The number of rotatable bonds is 6. The summed E-state index contributed by atoms with van der Waals surface area (Å²) in [5.41, 5.74) is 0.997. The van der Waals surface area contributed by atoms with Crippen LogP contribution in [-0.4, -0.2) is 38.4 Å². The van der Waals surface area contributed by atoms with Gasteiger partial charge in [0.1, 0.15) is 6.04 Å². The van der Waals surface area contributed by atoms with E-state index in [-0.39, 0.29) is 16.7 Å². The van der Waals surface area contributed by atoms with Crippen LogP contribution in [0.5, 0.6) is 0 Å². The van der Waals surface area contributed by atoms with Gasteiger partial charge in [-0.25, -0.2) is 8.42 Å². The van der Waals surface area contributed by atoms with E-state index in [4.69, 9.17) is 0 Å². The first-order valence-electron chi connectivity index (χ1n) is 8.73. The molecule has 1 fully saturated rings. The van der Waals surface area contributed by atoms with Crippen LogP contribution in [0, 0.1) is 12.8 Å². The summed E-state index contributed by atoms with van der Waals surface area (Å²) in [6.07, 6.45) is 3.85. The second kappa shape index (κ2) is 8.12. The number of sulfonamides is 1. The van der Waals surface area contributed by atoms with Gasteiger partial charge in [0.25, 0.3) is 0 Å². The molecule has 1 amide bonds. The number of hydrogen-bond acceptors (Lipinski definition) is 3. The van der Waals surface area contributed by atoms with Crippen molar-refractivity contribution in [3.05, 3.63) is 29.8 Å². The van der Waals surface area contributed by atoms with Crippen molar-refractivity contribution in [1.82, 2.24) is 9.62 Å². The molecule has 1 aromatic carbocycles. The van der Waals surface area contributed by atoms with Crippen LogP contribution in [-0.2, 0) is 14.8 Å². The summed E-state index contributed by atoms with van der Waals surface area (Å²) < 4.78 is 28.0. The minimum absolute atomic E-state index is 0.0559. The third kappa shape index (κ3) is 4.57. The molecule has 2 rings (SSSR count). The molecule has 2 unspecified atom stereocenters. The van der Waals surface area contributed by atoms with Crippen LogP contribution >= 0.6 is 0 Å². The molecule has 24 heavy (non-hydrogen) atoms. The number of likely N-dealkylation sites (tertiary alicyclic amines) is 1. The zero-order valence-electron chi connectivity index (χ0n) is 14.8. The van der Waals surface area contributed by atoms with E-state index >= 15 is 0 Å². The normalized spacial score (nSPS) is 18.2. The van der Waals surface area contributed by atoms with Crippen LogP contribution in [0.4, 0.5) is 0 Å². The number of benzene rings is 1. The fourth-order valence-corrected chi connectivity index (χ4v) is 4.21. The lowest BCUT2D eigenvalue weighted by atomic mass is 9.98. The average Bonchev–Trinajstić information content (AvgIpc) is 2.59. The molecule has 1 aromatic rings. The molecule has 134 valence electrons. The van der Waals surface area contributed by atoms with Gasteiger partial charge >= 0.3 is 0 Å². The Labute approximate surface area is 145 Å². The Hall–Kier alpha value is -1.40. The van der Waals surface area contributed by atoms with Gasteiger partial charge in [0, 0.05) is 13.1 Å². The molecule has 1 aliphatic heterocycles. The van der Waals surface area contributed by atoms with Gasteiger partial charge in [0.2, 0.25) is 15.9 Å². The molecule has 0 aromatic heterocycles. The van der Waals surface area contributed by atoms with Gasteiger partial charge in [-0.1, -0.05) is 38.0 Å². The molecular weight excluding hydrogens is 324 g/mol. The van der Waals surface area contributed by atoms with Crippen molar-refractivity contribution in [2.24, 2.45) is 5.92 Å². The molecule has 6 heteroatoms. The van der Waals surface area contributed by atoms with Crippen molar-refractivity contribution < 1.29 is 13.2 Å². The SMILES string of the molecule is CCC(C)C(NS(=O)(=O)c1ccc(C)cc1)C(=O)N1CCCCC1. The fraction of sp³-hybridized carbons (Fsp3) is 0.611. The first-order chi connectivity index (χ1) is 11.3. The lowest BCUT2D eigenvalue weighted by molar-refractivity contribution is -0.135. The van der Waals surface area contributed by atoms with Gasteiger partial charge in [0.05, 0.1) is 4.90 Å². The van der Waals surface area contributed by atoms with Crippen LogP contribution in [0.25, 0.3) is 0 Å². The molecule has 0 bridgehead atoms. The van der Waals surface area contributed by atoms with Gasteiger partial charge in [0.15, 0.2) is 0 Å². The Morgan fingerprint density at radius 3 is 2.29 bits per heavy atom. The highest BCUT2D eigenvalue weighted by molar-refractivity contribution is 7.89. The smallest absolute Gasteiger partial charge is 0.241 e. The summed E-state index contributed by atoms with van der Waals surface area (Å²) in [4.78, 5) is 14.9. The van der Waals surface area contributed by atoms with Gasteiger partial charge < -0.3 is 4.90 Å². The number of amides is 1. The predicted octanol–water partition coefficient (Wildman–Crippen LogP) is 2.70. The molecular formula is C18H28N2O3S. The molecule has 5 nitrogen and oxygen atoms in total. The molecule has 0 saturated carbocycles. The number of carbonyl (C=O) groups excluding carboxylic acids is 1. The molecule has 0 spiro atoms. The number of aryl methyl sites for hydroxylation is 1. The van der Waals surface area contributed by atoms with Crippen molar-refractivity contribution in [2.75, 3.05) is 13.1 Å². The number of nitrogens with one attached hydrogen (secondary N) is 1. The van der Waals surface area contributed by atoms with Crippen LogP contribution in [0.1, 0.15) is 45.1 Å². The van der Waals surface area contributed by atoms with E-state index in [9.17, 15) is 13.2 Å². The zero-order valence-corrected chi connectivity index (χ0v) is 15.6. The highest BCUT2D eigenvalue weighted by Gasteiger charge is 2.33. The average molecular weight is 353 g/mol. The molecule has 1 N–H and O–H groups in total. The Kier molecular flexibility index (Phi) is 6.40. The maximum Gasteiger partial charge on any atom is 0.241 e. The fourth-order valence-electron chi connectivity index (χ4n) is 2.91. The topological polar surface area (TPSA) is 66.5 Å². The highest BCUT2D eigenvalue weighted by Crippen LogP contribution is 2.18. The van der Waals surface area contributed by atoms with Crippen LogP contribution in [0.15, 0.2) is 29.2 Å². The van der Waals surface area contributed by atoms with E-state index in [1.165, 1.54) is 0 Å². The van der Waals surface area contributed by atoms with Gasteiger partial charge in [-0.05, 0) is 44.2 Å². The number of hydrogen-bond donors (Lipinski definition) is 1. The zero-order chi connectivity index (χ0) is 17.7. The van der Waals surface area contributed by atoms with Crippen molar-refractivity contribution in [1.29, 1.82) is 0 Å². The Morgan fingerprint density at radius 2 is 1.75 bits per heavy atom. The van der Waals surface area contributed by atoms with Crippen molar-refractivity contribution >= 4 is 15.9 Å². The quantitative estimate of drug-likeness (QED) is 0.856. The van der Waals surface area contributed by atoms with E-state index in [1.54, 1.807) is 29.2 Å². The van der Waals surface area contributed by atoms with Gasteiger partial charge in [-0.3, -0.25) is 4.79 Å². The number of piperidine rings is 1. The van der Waals surface area contributed by atoms with Crippen molar-refractivity contribution in [2.45, 2.75) is 57.4 Å². The Balaban J connectivity index is 2.21. The summed E-state index contributed by atoms with van der Waals surface area (Å²) >= 11 is 0. The Bertz CT molecular complexity index is 649. The van der Waals surface area contributed by atoms with Crippen molar-refractivity contribution in [3.8, 4) is 0 Å². The van der Waals surface area contributed by atoms with E-state index in [2.05, 4.69) is 4.72 Å². The van der Waals surface area contributed by atoms with Gasteiger partial charge in [-0.2, -0.15) is 4.72 Å². The standard InChI is InChI=1S/C18H28N2O3S/c1-4-15(3)17(18(21)20-12-6-5-7-13-20)19-24(22,23)16-10-8-14(2)9-11-16/h8-11,15,17,19H,4-7,12-13H2,1-3H3. The van der Waals surface area contributed by atoms with Gasteiger partial charge in [-0.15, -0.1) is 0 Å². The number of nitrogens with zero attached hydrogens (tertiary/aromatic N) is 1. The minimum Gasteiger partial charge on any atom is -0.341 e. The molecule has 0 radical (unpaired) electrons. The molecule has 1 aliphatic rings. The third-order valence-electron chi connectivity index (χ3n) is 4.76. The Morgan fingerprint density at radius 1 is 1.17 bits per heavy atom. The largest absolute Gasteiger partial charge is 0.341 e. The van der Waals surface area contributed by atoms with Crippen LogP contribution < -0.4 is 4.72 Å². The first kappa shape index (κ1) is 18.9. The lowest BCUT2D eigenvalue weighted by Gasteiger charge is -2.32.